The molecule has 0 unspecified atom stereocenters. The van der Waals surface area contributed by atoms with Crippen molar-refractivity contribution in [3.05, 3.63) is 129 Å². The van der Waals surface area contributed by atoms with Crippen LogP contribution < -0.4 is 0 Å². The predicted octanol–water partition coefficient (Wildman–Crippen LogP) is 9.77. The van der Waals surface area contributed by atoms with Crippen LogP contribution in [0.25, 0.3) is 0 Å². The van der Waals surface area contributed by atoms with E-state index in [0.717, 1.165) is 36.8 Å². The summed E-state index contributed by atoms with van der Waals surface area (Å²) in [6.07, 6.45) is 3.60. The molecule has 0 saturated heterocycles. The molecule has 1 aliphatic carbocycles. The summed E-state index contributed by atoms with van der Waals surface area (Å²) in [6, 6.07) is 7.20. The van der Waals surface area contributed by atoms with Gasteiger partial charge in [-0.3, -0.25) is 0 Å². The summed E-state index contributed by atoms with van der Waals surface area (Å²) in [5, 5.41) is 11.4. The van der Waals surface area contributed by atoms with E-state index in [4.69, 9.17) is 0 Å². The van der Waals surface area contributed by atoms with Crippen LogP contribution in [0.5, 0.6) is 5.75 Å². The number of hydrogen-bond donors (Lipinski definition) is 1. The Bertz CT molecular complexity index is 1620. The lowest BCUT2D eigenvalue weighted by atomic mass is 9.79. The summed E-state index contributed by atoms with van der Waals surface area (Å²) in [5.74, 6) is 0.462. The third kappa shape index (κ3) is 4.72. The number of fused-ring (bicyclic) bond motifs is 8. The van der Waals surface area contributed by atoms with E-state index in [0.29, 0.717) is 5.75 Å². The van der Waals surface area contributed by atoms with Crippen molar-refractivity contribution < 1.29 is 5.11 Å². The summed E-state index contributed by atoms with van der Waals surface area (Å²) in [4.78, 5) is 0. The first kappa shape index (κ1) is 29.2. The van der Waals surface area contributed by atoms with Gasteiger partial charge in [-0.15, -0.1) is 0 Å². The van der Waals surface area contributed by atoms with Gasteiger partial charge >= 0.3 is 0 Å². The molecule has 0 atom stereocenters. The fourth-order valence-electron chi connectivity index (χ4n) is 8.00. The summed E-state index contributed by atoms with van der Waals surface area (Å²) in [5.41, 5.74) is 27.1. The zero-order chi connectivity index (χ0) is 30.1. The molecule has 1 heteroatoms. The molecular formula is C40H48O. The maximum Gasteiger partial charge on any atom is 0.121 e. The molecule has 1 nitrogen and oxygen atoms in total. The van der Waals surface area contributed by atoms with Crippen LogP contribution in [0.15, 0.2) is 18.2 Å². The highest BCUT2D eigenvalue weighted by molar-refractivity contribution is 5.60. The van der Waals surface area contributed by atoms with E-state index in [1.54, 1.807) is 0 Å². The third-order valence-electron chi connectivity index (χ3n) is 10.8. The maximum absolute atomic E-state index is 11.4. The van der Waals surface area contributed by atoms with Gasteiger partial charge in [0.25, 0.3) is 0 Å². The highest BCUT2D eigenvalue weighted by Crippen LogP contribution is 2.39. The molecule has 0 spiro atoms. The molecule has 214 valence electrons. The van der Waals surface area contributed by atoms with Gasteiger partial charge in [-0.25, -0.2) is 0 Å². The first-order chi connectivity index (χ1) is 19.2. The van der Waals surface area contributed by atoms with E-state index in [1.165, 1.54) is 100 Å². The number of benzene rings is 4. The molecule has 0 aromatic heterocycles. The SMILES string of the molecule is Cc1cc(C)c2c(C)c1Cc1c(C)cc(C)c(c1C)Cc1c(C)c(O)c(C)c(c1C)Cc1c(C)cc(C)c(c1C)C2. The molecule has 1 aliphatic rings. The van der Waals surface area contributed by atoms with Crippen molar-refractivity contribution >= 4 is 0 Å². The Kier molecular flexibility index (Phi) is 7.48. The van der Waals surface area contributed by atoms with Gasteiger partial charge < -0.3 is 5.11 Å². The largest absolute Gasteiger partial charge is 0.507 e. The Morgan fingerprint density at radius 1 is 0.317 bits per heavy atom. The summed E-state index contributed by atoms with van der Waals surface area (Å²) in [7, 11) is 0. The van der Waals surface area contributed by atoms with Crippen LogP contribution in [-0.2, 0) is 25.7 Å². The zero-order valence-electron chi connectivity index (χ0n) is 27.5. The van der Waals surface area contributed by atoms with Crippen molar-refractivity contribution in [2.45, 2.75) is 109 Å². The number of hydrogen-bond acceptors (Lipinski definition) is 1. The molecule has 4 aromatic carbocycles. The monoisotopic (exact) mass is 544 g/mol. The van der Waals surface area contributed by atoms with Gasteiger partial charge in [-0.05, 0) is 220 Å². The number of aryl methyl sites for hydroxylation is 6. The molecule has 4 aromatic rings. The Hall–Kier alpha value is -3.32. The molecule has 0 heterocycles. The van der Waals surface area contributed by atoms with Crippen LogP contribution in [0.2, 0.25) is 0 Å². The van der Waals surface area contributed by atoms with E-state index < -0.39 is 0 Å². The number of aromatic hydroxyl groups is 1. The normalized spacial score (nSPS) is 13.1. The van der Waals surface area contributed by atoms with Gasteiger partial charge in [0, 0.05) is 0 Å². The van der Waals surface area contributed by atoms with E-state index in [9.17, 15) is 5.11 Å². The molecule has 8 bridgehead atoms. The second-order valence-electron chi connectivity index (χ2n) is 13.2. The van der Waals surface area contributed by atoms with Crippen LogP contribution in [0.3, 0.4) is 0 Å². The Labute approximate surface area is 248 Å². The van der Waals surface area contributed by atoms with E-state index in [1.807, 2.05) is 0 Å². The van der Waals surface area contributed by atoms with E-state index >= 15 is 0 Å². The molecule has 0 fully saturated rings. The lowest BCUT2D eigenvalue weighted by molar-refractivity contribution is 0.465. The predicted molar refractivity (Wildman–Crippen MR) is 176 cm³/mol. The summed E-state index contributed by atoms with van der Waals surface area (Å²) in [6.45, 7) is 27.2. The smallest absolute Gasteiger partial charge is 0.121 e. The van der Waals surface area contributed by atoms with Gasteiger partial charge in [-0.2, -0.15) is 0 Å². The fraction of sp³-hybridized carbons (Fsp3) is 0.400. The van der Waals surface area contributed by atoms with Gasteiger partial charge in [0.2, 0.25) is 0 Å². The first-order valence-electron chi connectivity index (χ1n) is 15.3. The summed E-state index contributed by atoms with van der Waals surface area (Å²) >= 11 is 0. The average Bonchev–Trinajstić information content (AvgIpc) is 2.89. The fourth-order valence-corrected chi connectivity index (χ4v) is 8.00. The standard InChI is InChI=1S/C40H48O/c1-20-13-21(2)33-17-35-23(4)15-25(6)37(28(35)9)19-39-29(10)38(30(11)40(41)31(39)12)18-36-24(5)14-22(3)34(27(36)8)16-32(20)26(33)7/h13-15,41H,16-19H2,1-12H3. The zero-order valence-corrected chi connectivity index (χ0v) is 27.5. The molecule has 0 saturated carbocycles. The molecular weight excluding hydrogens is 496 g/mol. The van der Waals surface area contributed by atoms with Crippen molar-refractivity contribution in [3.8, 4) is 5.75 Å². The van der Waals surface area contributed by atoms with Crippen molar-refractivity contribution in [2.75, 3.05) is 0 Å². The number of phenols is 1. The highest BCUT2D eigenvalue weighted by atomic mass is 16.3. The van der Waals surface area contributed by atoms with Gasteiger partial charge in [0.15, 0.2) is 0 Å². The number of phenolic OH excluding ortho intramolecular Hbond substituents is 1. The molecule has 41 heavy (non-hydrogen) atoms. The number of rotatable bonds is 0. The Balaban J connectivity index is 1.90. The minimum atomic E-state index is 0.462. The van der Waals surface area contributed by atoms with Crippen LogP contribution in [0, 0.1) is 83.1 Å². The highest BCUT2D eigenvalue weighted by Gasteiger charge is 2.23. The average molecular weight is 545 g/mol. The minimum Gasteiger partial charge on any atom is -0.507 e. The van der Waals surface area contributed by atoms with Crippen molar-refractivity contribution in [2.24, 2.45) is 0 Å². The quantitative estimate of drug-likeness (QED) is 0.206. The van der Waals surface area contributed by atoms with Crippen molar-refractivity contribution in [1.29, 1.82) is 0 Å². The second kappa shape index (κ2) is 10.5. The van der Waals surface area contributed by atoms with Gasteiger partial charge in [-0.1, -0.05) is 18.2 Å². The molecule has 0 aliphatic heterocycles. The van der Waals surface area contributed by atoms with Crippen molar-refractivity contribution in [3.63, 3.8) is 0 Å². The van der Waals surface area contributed by atoms with Gasteiger partial charge in [0.1, 0.15) is 5.75 Å². The lowest BCUT2D eigenvalue weighted by Crippen LogP contribution is -2.12. The topological polar surface area (TPSA) is 20.2 Å². The second-order valence-corrected chi connectivity index (χ2v) is 13.2. The molecule has 0 radical (unpaired) electrons. The Morgan fingerprint density at radius 3 is 0.756 bits per heavy atom. The van der Waals surface area contributed by atoms with E-state index in [2.05, 4.69) is 101 Å². The van der Waals surface area contributed by atoms with Crippen molar-refractivity contribution in [1.82, 2.24) is 0 Å². The van der Waals surface area contributed by atoms with Crippen LogP contribution in [0.4, 0.5) is 0 Å². The first-order valence-corrected chi connectivity index (χ1v) is 15.3. The van der Waals surface area contributed by atoms with Gasteiger partial charge in [0.05, 0.1) is 0 Å². The lowest BCUT2D eigenvalue weighted by Gasteiger charge is -2.26. The Morgan fingerprint density at radius 2 is 0.512 bits per heavy atom. The van der Waals surface area contributed by atoms with Crippen LogP contribution >= 0.6 is 0 Å². The molecule has 1 N–H and O–H groups in total. The minimum absolute atomic E-state index is 0.462. The van der Waals surface area contributed by atoms with Crippen LogP contribution in [-0.4, -0.2) is 5.11 Å². The van der Waals surface area contributed by atoms with Crippen LogP contribution in [0.1, 0.15) is 111 Å². The third-order valence-corrected chi connectivity index (χ3v) is 10.8. The maximum atomic E-state index is 11.4. The molecule has 0 amide bonds. The molecule has 5 rings (SSSR count). The summed E-state index contributed by atoms with van der Waals surface area (Å²) < 4.78 is 0. The van der Waals surface area contributed by atoms with E-state index in [-0.39, 0.29) is 0 Å².